The number of hydrogen-bond donors (Lipinski definition) is 1. The molecule has 1 atom stereocenters. The predicted molar refractivity (Wildman–Crippen MR) is 105 cm³/mol. The third-order valence-corrected chi connectivity index (χ3v) is 6.83. The molecule has 3 rings (SSSR count). The molecule has 10 heteroatoms. The lowest BCUT2D eigenvalue weighted by atomic mass is 10.2. The summed E-state index contributed by atoms with van der Waals surface area (Å²) in [5.41, 5.74) is 0.545. The average Bonchev–Trinajstić information content (AvgIpc) is 3.03. The van der Waals surface area contributed by atoms with Gasteiger partial charge in [0.25, 0.3) is 10.0 Å². The number of carbonyl (C=O) groups is 1. The maximum absolute atomic E-state index is 13.0. The SMILES string of the molecule is CN(Cc1cc(Br)n(S(=O)(=O)c2cccc(OC3CCCCO3)c2)c1)C(=O)O. The lowest BCUT2D eigenvalue weighted by Crippen LogP contribution is -2.25. The van der Waals surface area contributed by atoms with Crippen molar-refractivity contribution in [1.29, 1.82) is 0 Å². The minimum Gasteiger partial charge on any atom is -0.465 e. The molecule has 1 fully saturated rings. The molecular formula is C18H21BrN2O6S. The number of ether oxygens (including phenoxy) is 2. The van der Waals surface area contributed by atoms with Crippen molar-refractivity contribution in [2.24, 2.45) is 0 Å². The minimum absolute atomic E-state index is 0.0650. The first-order valence-corrected chi connectivity index (χ1v) is 11.0. The zero-order chi connectivity index (χ0) is 20.3. The van der Waals surface area contributed by atoms with E-state index in [2.05, 4.69) is 15.9 Å². The average molecular weight is 473 g/mol. The van der Waals surface area contributed by atoms with E-state index in [0.29, 0.717) is 22.5 Å². The van der Waals surface area contributed by atoms with Gasteiger partial charge in [0.1, 0.15) is 10.4 Å². The highest BCUT2D eigenvalue weighted by atomic mass is 79.9. The second kappa shape index (κ2) is 8.54. The van der Waals surface area contributed by atoms with Gasteiger partial charge in [-0.3, -0.25) is 0 Å². The molecule has 0 radical (unpaired) electrons. The van der Waals surface area contributed by atoms with Gasteiger partial charge in [0.05, 0.1) is 18.0 Å². The molecule has 0 aliphatic carbocycles. The van der Waals surface area contributed by atoms with Crippen molar-refractivity contribution >= 4 is 32.0 Å². The van der Waals surface area contributed by atoms with Gasteiger partial charge in [-0.15, -0.1) is 0 Å². The molecule has 1 N–H and O–H groups in total. The van der Waals surface area contributed by atoms with Crippen LogP contribution in [0.25, 0.3) is 0 Å². The van der Waals surface area contributed by atoms with Crippen LogP contribution >= 0.6 is 15.9 Å². The normalized spacial score (nSPS) is 17.3. The number of carboxylic acid groups (broad SMARTS) is 1. The Kier molecular flexibility index (Phi) is 6.31. The number of rotatable bonds is 6. The fraction of sp³-hybridized carbons (Fsp3) is 0.389. The summed E-state index contributed by atoms with van der Waals surface area (Å²) >= 11 is 3.24. The highest BCUT2D eigenvalue weighted by Gasteiger charge is 2.22. The highest BCUT2D eigenvalue weighted by Crippen LogP contribution is 2.27. The molecule has 1 amide bonds. The van der Waals surface area contributed by atoms with Crippen molar-refractivity contribution in [2.75, 3.05) is 13.7 Å². The smallest absolute Gasteiger partial charge is 0.407 e. The van der Waals surface area contributed by atoms with Crippen LogP contribution in [0.4, 0.5) is 4.79 Å². The summed E-state index contributed by atoms with van der Waals surface area (Å²) in [6.45, 7) is 0.700. The van der Waals surface area contributed by atoms with Crippen LogP contribution in [0, 0.1) is 0 Å². The largest absolute Gasteiger partial charge is 0.465 e. The Bertz CT molecular complexity index is 953. The fourth-order valence-corrected chi connectivity index (χ4v) is 5.12. The van der Waals surface area contributed by atoms with Gasteiger partial charge in [-0.1, -0.05) is 6.07 Å². The number of hydrogen-bond acceptors (Lipinski definition) is 5. The summed E-state index contributed by atoms with van der Waals surface area (Å²) in [6.07, 6.45) is 2.70. The van der Waals surface area contributed by atoms with E-state index in [9.17, 15) is 13.2 Å². The Labute approximate surface area is 171 Å². The first-order valence-electron chi connectivity index (χ1n) is 8.72. The Hall–Kier alpha value is -2.04. The Balaban J connectivity index is 1.83. The number of nitrogens with zero attached hydrogens (tertiary/aromatic N) is 2. The number of benzene rings is 1. The molecule has 1 unspecified atom stereocenters. The summed E-state index contributed by atoms with van der Waals surface area (Å²) in [5.74, 6) is 0.419. The molecule has 2 heterocycles. The van der Waals surface area contributed by atoms with Crippen LogP contribution in [-0.4, -0.2) is 48.4 Å². The maximum atomic E-state index is 13.0. The summed E-state index contributed by atoms with van der Waals surface area (Å²) in [6, 6.07) is 7.83. The quantitative estimate of drug-likeness (QED) is 0.690. The lowest BCUT2D eigenvalue weighted by Gasteiger charge is -2.23. The Morgan fingerprint density at radius 1 is 1.39 bits per heavy atom. The van der Waals surface area contributed by atoms with Crippen LogP contribution in [-0.2, 0) is 21.3 Å². The van der Waals surface area contributed by atoms with Crippen LogP contribution in [0.1, 0.15) is 24.8 Å². The molecular weight excluding hydrogens is 452 g/mol. The number of amides is 1. The summed E-state index contributed by atoms with van der Waals surface area (Å²) in [4.78, 5) is 12.1. The molecule has 1 saturated heterocycles. The van der Waals surface area contributed by atoms with Gasteiger partial charge in [0.15, 0.2) is 6.29 Å². The topological polar surface area (TPSA) is 98.1 Å². The molecule has 1 aromatic carbocycles. The van der Waals surface area contributed by atoms with Crippen molar-refractivity contribution in [1.82, 2.24) is 8.87 Å². The van der Waals surface area contributed by atoms with Crippen molar-refractivity contribution in [3.8, 4) is 5.75 Å². The molecule has 2 aromatic rings. The van der Waals surface area contributed by atoms with E-state index in [1.165, 1.54) is 25.4 Å². The summed E-state index contributed by atoms with van der Waals surface area (Å²) in [7, 11) is -2.47. The summed E-state index contributed by atoms with van der Waals surface area (Å²) in [5, 5.41) is 8.99. The van der Waals surface area contributed by atoms with Gasteiger partial charge in [0.2, 0.25) is 0 Å². The maximum Gasteiger partial charge on any atom is 0.407 e. The molecule has 1 aromatic heterocycles. The third kappa shape index (κ3) is 4.68. The van der Waals surface area contributed by atoms with Crippen molar-refractivity contribution in [3.05, 3.63) is 46.7 Å². The van der Waals surface area contributed by atoms with E-state index in [0.717, 1.165) is 28.1 Å². The van der Waals surface area contributed by atoms with Gasteiger partial charge in [-0.05, 0) is 52.5 Å². The van der Waals surface area contributed by atoms with Gasteiger partial charge in [0, 0.05) is 25.7 Å². The second-order valence-corrected chi connectivity index (χ2v) is 9.13. The predicted octanol–water partition coefficient (Wildman–Crippen LogP) is 3.50. The minimum atomic E-state index is -3.89. The first-order chi connectivity index (χ1) is 13.3. The lowest BCUT2D eigenvalue weighted by molar-refractivity contribution is -0.106. The molecule has 0 saturated carbocycles. The third-order valence-electron chi connectivity index (χ3n) is 4.31. The van der Waals surface area contributed by atoms with Crippen molar-refractivity contribution in [2.45, 2.75) is 37.0 Å². The monoisotopic (exact) mass is 472 g/mol. The van der Waals surface area contributed by atoms with E-state index in [4.69, 9.17) is 14.6 Å². The van der Waals surface area contributed by atoms with E-state index in [1.807, 2.05) is 0 Å². The fourth-order valence-electron chi connectivity index (χ4n) is 2.86. The van der Waals surface area contributed by atoms with Crippen LogP contribution < -0.4 is 4.74 Å². The van der Waals surface area contributed by atoms with Crippen LogP contribution in [0.3, 0.4) is 0 Å². The number of aromatic nitrogens is 1. The number of halogens is 1. The summed E-state index contributed by atoms with van der Waals surface area (Å²) < 4.78 is 38.8. The van der Waals surface area contributed by atoms with Crippen molar-refractivity contribution < 1.29 is 27.8 Å². The highest BCUT2D eigenvalue weighted by molar-refractivity contribution is 9.10. The van der Waals surface area contributed by atoms with E-state index in [-0.39, 0.29) is 17.7 Å². The van der Waals surface area contributed by atoms with Gasteiger partial charge in [-0.2, -0.15) is 0 Å². The van der Waals surface area contributed by atoms with Gasteiger partial charge in [-0.25, -0.2) is 17.2 Å². The van der Waals surface area contributed by atoms with Crippen LogP contribution in [0.15, 0.2) is 46.0 Å². The first kappa shape index (κ1) is 20.7. The van der Waals surface area contributed by atoms with Crippen molar-refractivity contribution in [3.63, 3.8) is 0 Å². The Morgan fingerprint density at radius 3 is 2.86 bits per heavy atom. The second-order valence-electron chi connectivity index (χ2n) is 6.50. The molecule has 0 bridgehead atoms. The van der Waals surface area contributed by atoms with E-state index < -0.39 is 16.1 Å². The standard InChI is InChI=1S/C18H21BrN2O6S/c1-20(18(22)23)11-13-9-16(19)21(12-13)28(24,25)15-6-4-5-14(10-15)27-17-7-2-3-8-26-17/h4-6,9-10,12,17H,2-3,7-8,11H2,1H3,(H,22,23). The van der Waals surface area contributed by atoms with Crippen LogP contribution in [0.2, 0.25) is 0 Å². The molecule has 0 spiro atoms. The molecule has 8 nitrogen and oxygen atoms in total. The van der Waals surface area contributed by atoms with Crippen LogP contribution in [0.5, 0.6) is 5.75 Å². The van der Waals surface area contributed by atoms with Gasteiger partial charge >= 0.3 is 6.09 Å². The molecule has 152 valence electrons. The molecule has 28 heavy (non-hydrogen) atoms. The zero-order valence-corrected chi connectivity index (χ0v) is 17.6. The zero-order valence-electron chi connectivity index (χ0n) is 15.2. The Morgan fingerprint density at radius 2 is 2.18 bits per heavy atom. The van der Waals surface area contributed by atoms with E-state index in [1.54, 1.807) is 18.2 Å². The molecule has 1 aliphatic heterocycles. The van der Waals surface area contributed by atoms with Gasteiger partial charge < -0.3 is 19.5 Å². The molecule has 1 aliphatic rings. The van der Waals surface area contributed by atoms with E-state index >= 15 is 0 Å².